The number of aryl methyl sites for hydroxylation is 1. The molecule has 1 atom stereocenters. The molecule has 0 aliphatic heterocycles. The van der Waals surface area contributed by atoms with E-state index < -0.39 is 29.8 Å². The van der Waals surface area contributed by atoms with Gasteiger partial charge in [-0.1, -0.05) is 47.7 Å². The minimum atomic E-state index is -4.63. The molecule has 2 aromatic carbocycles. The van der Waals surface area contributed by atoms with Gasteiger partial charge in [-0.05, 0) is 42.8 Å². The molecule has 1 unspecified atom stereocenters. The fourth-order valence-corrected chi connectivity index (χ4v) is 3.88. The Labute approximate surface area is 248 Å². The number of alkyl halides is 4. The zero-order chi connectivity index (χ0) is 32.1. The number of hydrogen-bond acceptors (Lipinski definition) is 7. The molecule has 1 amide bonds. The summed E-state index contributed by atoms with van der Waals surface area (Å²) in [6, 6.07) is 16.0. The highest BCUT2D eigenvalue weighted by molar-refractivity contribution is 5.92. The van der Waals surface area contributed by atoms with Gasteiger partial charge >= 0.3 is 6.36 Å². The van der Waals surface area contributed by atoms with Gasteiger partial charge in [-0.25, -0.2) is 9.07 Å². The first-order chi connectivity index (χ1) is 21.0. The Hall–Kier alpha value is -4.92. The maximum atomic E-state index is 14.4. The molecule has 0 radical (unpaired) electrons. The lowest BCUT2D eigenvalue weighted by Gasteiger charge is -2.12. The second kappa shape index (κ2) is 16.1. The minimum Gasteiger partial charge on any atom is -0.406 e. The second-order valence-electron chi connectivity index (χ2n) is 9.35. The zero-order valence-corrected chi connectivity index (χ0v) is 23.4. The van der Waals surface area contributed by atoms with Crippen molar-refractivity contribution < 1.29 is 36.3 Å². The number of carbonyl (C=O) groups is 2. The molecule has 0 fully saturated rings. The van der Waals surface area contributed by atoms with Crippen LogP contribution in [0.5, 0.6) is 5.75 Å². The van der Waals surface area contributed by atoms with Crippen molar-refractivity contribution in [1.82, 2.24) is 24.9 Å². The van der Waals surface area contributed by atoms with E-state index >= 15 is 0 Å². The van der Waals surface area contributed by atoms with Crippen LogP contribution in [-0.2, 0) is 30.8 Å². The van der Waals surface area contributed by atoms with Crippen LogP contribution in [0.3, 0.4) is 0 Å². The first-order valence-corrected chi connectivity index (χ1v) is 13.2. The normalized spacial score (nSPS) is 11.7. The number of nitrogens with one attached hydrogen (secondary N) is 2. The molecule has 2 N–H and O–H groups in total. The van der Waals surface area contributed by atoms with Crippen LogP contribution in [0, 0.1) is 5.82 Å². The van der Waals surface area contributed by atoms with Gasteiger partial charge in [0.25, 0.3) is 5.56 Å². The van der Waals surface area contributed by atoms with E-state index in [1.165, 1.54) is 41.3 Å². The Morgan fingerprint density at radius 1 is 1.09 bits per heavy atom. The fraction of sp³-hybridized carbons (Fsp3) is 0.276. The van der Waals surface area contributed by atoms with Gasteiger partial charge in [0.1, 0.15) is 17.6 Å². The number of benzene rings is 2. The van der Waals surface area contributed by atoms with E-state index in [4.69, 9.17) is 0 Å². The summed E-state index contributed by atoms with van der Waals surface area (Å²) in [6.07, 6.45) is -2.94. The summed E-state index contributed by atoms with van der Waals surface area (Å²) in [4.78, 5) is 34.8. The number of amides is 1. The standard InChI is InChI=1S/C20H19F2N5O3.C9H10F3NO/c21-15(11-27-12-16(13-28)24-25-27)6-8-26-9-7-17(19(22)20(26)30)23-18(29)10-14-4-2-1-3-5-14;1-13-6-7-3-2-4-8(5-7)14-9(10,11)12/h1-5,7,9,12-13,15H,6,8,10-11H2,(H,23,29);2-5,13H,6H2,1H3. The number of nitrogens with zero attached hydrogens (tertiary/aromatic N) is 4. The molecule has 0 spiro atoms. The first-order valence-electron chi connectivity index (χ1n) is 13.2. The molecule has 4 rings (SSSR count). The van der Waals surface area contributed by atoms with Crippen LogP contribution in [0.4, 0.5) is 27.6 Å². The number of ether oxygens (including phenoxy) is 1. The molecule has 234 valence electrons. The van der Waals surface area contributed by atoms with E-state index in [2.05, 4.69) is 25.7 Å². The number of rotatable bonds is 12. The van der Waals surface area contributed by atoms with Crippen LogP contribution in [0.15, 0.2) is 77.9 Å². The molecule has 44 heavy (non-hydrogen) atoms. The predicted octanol–water partition coefficient (Wildman–Crippen LogP) is 4.31. The van der Waals surface area contributed by atoms with Crippen molar-refractivity contribution in [2.45, 2.75) is 45.0 Å². The molecule has 0 aliphatic carbocycles. The van der Waals surface area contributed by atoms with E-state index in [-0.39, 0.29) is 43.1 Å². The highest BCUT2D eigenvalue weighted by atomic mass is 19.4. The molecule has 0 saturated heterocycles. The number of aromatic nitrogens is 4. The highest BCUT2D eigenvalue weighted by Gasteiger charge is 2.31. The molecule has 2 heterocycles. The Balaban J connectivity index is 0.000000317. The van der Waals surface area contributed by atoms with E-state index in [1.54, 1.807) is 37.4 Å². The van der Waals surface area contributed by atoms with Gasteiger partial charge in [-0.2, -0.15) is 4.39 Å². The number of halogens is 5. The van der Waals surface area contributed by atoms with Crippen LogP contribution in [0.25, 0.3) is 0 Å². The lowest BCUT2D eigenvalue weighted by atomic mass is 10.1. The minimum absolute atomic E-state index is 0.0427. The second-order valence-corrected chi connectivity index (χ2v) is 9.35. The summed E-state index contributed by atoms with van der Waals surface area (Å²) < 4.78 is 70.0. The molecule has 0 aliphatic rings. The number of anilines is 1. The molecule has 0 bridgehead atoms. The molecule has 4 aromatic rings. The van der Waals surface area contributed by atoms with Crippen molar-refractivity contribution in [3.8, 4) is 5.75 Å². The van der Waals surface area contributed by atoms with E-state index in [0.29, 0.717) is 12.8 Å². The lowest BCUT2D eigenvalue weighted by Crippen LogP contribution is -2.27. The summed E-state index contributed by atoms with van der Waals surface area (Å²) in [5.41, 5.74) is 0.409. The third-order valence-electron chi connectivity index (χ3n) is 5.85. The Morgan fingerprint density at radius 3 is 2.48 bits per heavy atom. The third kappa shape index (κ3) is 11.1. The monoisotopic (exact) mass is 620 g/mol. The smallest absolute Gasteiger partial charge is 0.406 e. The van der Waals surface area contributed by atoms with E-state index in [1.807, 2.05) is 6.07 Å². The van der Waals surface area contributed by atoms with Crippen molar-refractivity contribution in [3.63, 3.8) is 0 Å². The van der Waals surface area contributed by atoms with Gasteiger partial charge in [0.05, 0.1) is 24.8 Å². The number of carbonyl (C=O) groups excluding carboxylic acids is 2. The van der Waals surface area contributed by atoms with Crippen molar-refractivity contribution in [1.29, 1.82) is 0 Å². The molecule has 2 aromatic heterocycles. The summed E-state index contributed by atoms with van der Waals surface area (Å²) in [5.74, 6) is -1.75. The van der Waals surface area contributed by atoms with E-state index in [0.717, 1.165) is 15.7 Å². The molecular weight excluding hydrogens is 591 g/mol. The van der Waals surface area contributed by atoms with Gasteiger partial charge in [0, 0.05) is 19.3 Å². The van der Waals surface area contributed by atoms with Crippen LogP contribution in [0.2, 0.25) is 0 Å². The largest absolute Gasteiger partial charge is 0.573 e. The summed E-state index contributed by atoms with van der Waals surface area (Å²) >= 11 is 0. The summed E-state index contributed by atoms with van der Waals surface area (Å²) in [5, 5.41) is 12.4. The van der Waals surface area contributed by atoms with Crippen molar-refractivity contribution in [3.05, 3.63) is 106 Å². The Bertz CT molecular complexity index is 1580. The molecule has 15 heteroatoms. The average molecular weight is 621 g/mol. The van der Waals surface area contributed by atoms with Crippen LogP contribution < -0.4 is 20.9 Å². The topological polar surface area (TPSA) is 120 Å². The highest BCUT2D eigenvalue weighted by Crippen LogP contribution is 2.23. The molecule has 10 nitrogen and oxygen atoms in total. The zero-order valence-electron chi connectivity index (χ0n) is 23.4. The first kappa shape index (κ1) is 33.6. The summed E-state index contributed by atoms with van der Waals surface area (Å²) in [7, 11) is 1.72. The van der Waals surface area contributed by atoms with Gasteiger partial charge in [0.2, 0.25) is 11.7 Å². The van der Waals surface area contributed by atoms with Gasteiger partial charge in [-0.15, -0.1) is 18.3 Å². The van der Waals surface area contributed by atoms with Crippen LogP contribution >= 0.6 is 0 Å². The number of hydrogen-bond donors (Lipinski definition) is 2. The van der Waals surface area contributed by atoms with Crippen molar-refractivity contribution in [2.24, 2.45) is 0 Å². The number of pyridine rings is 1. The third-order valence-corrected chi connectivity index (χ3v) is 5.85. The van der Waals surface area contributed by atoms with E-state index in [9.17, 15) is 36.3 Å². The fourth-order valence-electron chi connectivity index (χ4n) is 3.88. The SMILES string of the molecule is CNCc1cccc(OC(F)(F)F)c1.O=Cc1cn(CC(F)CCn2ccc(NC(=O)Cc3ccccc3)c(F)c2=O)nn1. The molecule has 0 saturated carbocycles. The van der Waals surface area contributed by atoms with Crippen LogP contribution in [-0.4, -0.2) is 51.3 Å². The Kier molecular flexibility index (Phi) is 12.3. The predicted molar refractivity (Wildman–Crippen MR) is 150 cm³/mol. The van der Waals surface area contributed by atoms with Gasteiger partial charge in [0.15, 0.2) is 6.29 Å². The van der Waals surface area contributed by atoms with Crippen LogP contribution in [0.1, 0.15) is 28.0 Å². The van der Waals surface area contributed by atoms with Crippen molar-refractivity contribution in [2.75, 3.05) is 12.4 Å². The summed E-state index contributed by atoms with van der Waals surface area (Å²) in [6.45, 7) is 0.297. The maximum absolute atomic E-state index is 14.4. The Morgan fingerprint density at radius 2 is 1.82 bits per heavy atom. The van der Waals surface area contributed by atoms with Gasteiger partial charge < -0.3 is 19.9 Å². The number of aldehydes is 1. The molecular formula is C29H29F5N6O4. The quantitative estimate of drug-likeness (QED) is 0.179. The maximum Gasteiger partial charge on any atom is 0.573 e. The van der Waals surface area contributed by atoms with Gasteiger partial charge in [-0.3, -0.25) is 14.4 Å². The van der Waals surface area contributed by atoms with Crippen molar-refractivity contribution >= 4 is 17.9 Å². The lowest BCUT2D eigenvalue weighted by molar-refractivity contribution is -0.274. The average Bonchev–Trinajstić information content (AvgIpc) is 3.43.